The van der Waals surface area contributed by atoms with Crippen LogP contribution in [0.4, 0.5) is 0 Å². The first-order valence-corrected chi connectivity index (χ1v) is 6.23. The highest BCUT2D eigenvalue weighted by atomic mass is 16.5. The molecule has 0 spiro atoms. The summed E-state index contributed by atoms with van der Waals surface area (Å²) in [5.41, 5.74) is 1.02. The van der Waals surface area contributed by atoms with Gasteiger partial charge in [0.2, 0.25) is 5.89 Å². The second-order valence-electron chi connectivity index (χ2n) is 4.52. The highest BCUT2D eigenvalue weighted by Gasteiger charge is 2.10. The minimum Gasteiger partial charge on any atom is -0.339 e. The molecular weight excluding hydrogens is 230 g/mol. The van der Waals surface area contributed by atoms with E-state index in [1.807, 2.05) is 24.6 Å². The van der Waals surface area contributed by atoms with Gasteiger partial charge in [0.1, 0.15) is 0 Å². The molecule has 0 bridgehead atoms. The standard InChI is InChI=1S/C12H19N5O/c1-4-13-5-10-6-17(8-14-10)7-11-15-12(9(2)3)18-16-11/h6,8-9,13H,4-5,7H2,1-3H3. The Morgan fingerprint density at radius 3 is 2.94 bits per heavy atom. The summed E-state index contributed by atoms with van der Waals surface area (Å²) in [4.78, 5) is 8.64. The molecule has 2 aromatic rings. The fraction of sp³-hybridized carbons (Fsp3) is 0.583. The topological polar surface area (TPSA) is 68.8 Å². The third-order valence-electron chi connectivity index (χ3n) is 2.54. The molecule has 0 radical (unpaired) electrons. The predicted molar refractivity (Wildman–Crippen MR) is 67.1 cm³/mol. The third kappa shape index (κ3) is 3.16. The van der Waals surface area contributed by atoms with Crippen molar-refractivity contribution in [1.29, 1.82) is 0 Å². The molecule has 0 amide bonds. The average Bonchev–Trinajstić information content (AvgIpc) is 2.96. The smallest absolute Gasteiger partial charge is 0.229 e. The lowest BCUT2D eigenvalue weighted by Gasteiger charge is -1.97. The first-order chi connectivity index (χ1) is 8.69. The lowest BCUT2D eigenvalue weighted by Crippen LogP contribution is -2.11. The molecule has 1 N–H and O–H groups in total. The van der Waals surface area contributed by atoms with Gasteiger partial charge in [-0.1, -0.05) is 25.9 Å². The molecule has 18 heavy (non-hydrogen) atoms. The predicted octanol–water partition coefficient (Wildman–Crippen LogP) is 1.55. The van der Waals surface area contributed by atoms with Gasteiger partial charge in [-0.2, -0.15) is 4.98 Å². The minimum absolute atomic E-state index is 0.262. The van der Waals surface area contributed by atoms with Gasteiger partial charge in [-0.25, -0.2) is 4.98 Å². The molecule has 2 rings (SSSR count). The van der Waals surface area contributed by atoms with Gasteiger partial charge in [0.25, 0.3) is 0 Å². The SMILES string of the molecule is CCNCc1cn(Cc2noc(C(C)C)n2)cn1. The van der Waals surface area contributed by atoms with Crippen molar-refractivity contribution in [2.24, 2.45) is 0 Å². The number of hydrogen-bond donors (Lipinski definition) is 1. The summed E-state index contributed by atoms with van der Waals surface area (Å²) in [6, 6.07) is 0. The highest BCUT2D eigenvalue weighted by Crippen LogP contribution is 2.11. The van der Waals surface area contributed by atoms with Crippen LogP contribution >= 0.6 is 0 Å². The second-order valence-corrected chi connectivity index (χ2v) is 4.52. The van der Waals surface area contributed by atoms with Crippen LogP contribution < -0.4 is 5.32 Å². The Bertz CT molecular complexity index is 488. The van der Waals surface area contributed by atoms with Crippen LogP contribution in [0.3, 0.4) is 0 Å². The zero-order chi connectivity index (χ0) is 13.0. The third-order valence-corrected chi connectivity index (χ3v) is 2.54. The number of rotatable bonds is 6. The van der Waals surface area contributed by atoms with Crippen molar-refractivity contribution in [3.63, 3.8) is 0 Å². The van der Waals surface area contributed by atoms with Crippen molar-refractivity contribution in [3.05, 3.63) is 29.9 Å². The van der Waals surface area contributed by atoms with Crippen LogP contribution in [0.5, 0.6) is 0 Å². The van der Waals surface area contributed by atoms with E-state index in [1.165, 1.54) is 0 Å². The Labute approximate surface area is 106 Å². The van der Waals surface area contributed by atoms with E-state index in [1.54, 1.807) is 6.33 Å². The molecule has 98 valence electrons. The van der Waals surface area contributed by atoms with Crippen LogP contribution in [0.25, 0.3) is 0 Å². The van der Waals surface area contributed by atoms with Crippen LogP contribution in [0.1, 0.15) is 44.1 Å². The molecule has 6 nitrogen and oxygen atoms in total. The molecule has 2 aromatic heterocycles. The van der Waals surface area contributed by atoms with Gasteiger partial charge in [-0.15, -0.1) is 0 Å². The molecule has 0 aliphatic carbocycles. The van der Waals surface area contributed by atoms with Crippen LogP contribution in [0, 0.1) is 0 Å². The second kappa shape index (κ2) is 5.77. The molecule has 0 unspecified atom stereocenters. The van der Waals surface area contributed by atoms with E-state index in [2.05, 4.69) is 27.4 Å². The summed E-state index contributed by atoms with van der Waals surface area (Å²) in [7, 11) is 0. The fourth-order valence-electron chi connectivity index (χ4n) is 1.57. The van der Waals surface area contributed by atoms with Gasteiger partial charge in [-0.3, -0.25) is 0 Å². The van der Waals surface area contributed by atoms with Gasteiger partial charge in [0.15, 0.2) is 5.82 Å². The molecule has 0 aliphatic rings. The first kappa shape index (κ1) is 12.8. The van der Waals surface area contributed by atoms with Crippen molar-refractivity contribution < 1.29 is 4.52 Å². The summed E-state index contributed by atoms with van der Waals surface area (Å²) in [5.74, 6) is 1.63. The maximum Gasteiger partial charge on any atom is 0.229 e. The average molecular weight is 249 g/mol. The van der Waals surface area contributed by atoms with Gasteiger partial charge >= 0.3 is 0 Å². The molecule has 2 heterocycles. The van der Waals surface area contributed by atoms with Gasteiger partial charge in [0.05, 0.1) is 18.6 Å². The van der Waals surface area contributed by atoms with E-state index in [9.17, 15) is 0 Å². The zero-order valence-corrected chi connectivity index (χ0v) is 11.1. The van der Waals surface area contributed by atoms with Crippen LogP contribution in [-0.4, -0.2) is 26.2 Å². The molecule has 0 fully saturated rings. The first-order valence-electron chi connectivity index (χ1n) is 6.23. The van der Waals surface area contributed by atoms with Crippen molar-refractivity contribution in [3.8, 4) is 0 Å². The van der Waals surface area contributed by atoms with Crippen LogP contribution in [0.15, 0.2) is 17.0 Å². The number of hydrogen-bond acceptors (Lipinski definition) is 5. The van der Waals surface area contributed by atoms with Crippen molar-refractivity contribution in [1.82, 2.24) is 25.0 Å². The molecule has 0 saturated carbocycles. The van der Waals surface area contributed by atoms with Crippen molar-refractivity contribution in [2.75, 3.05) is 6.54 Å². The van der Waals surface area contributed by atoms with E-state index in [-0.39, 0.29) is 5.92 Å². The summed E-state index contributed by atoms with van der Waals surface area (Å²) in [6.45, 7) is 8.45. The van der Waals surface area contributed by atoms with Gasteiger partial charge < -0.3 is 14.4 Å². The normalized spacial score (nSPS) is 11.3. The van der Waals surface area contributed by atoms with Gasteiger partial charge in [0, 0.05) is 18.7 Å². The fourth-order valence-corrected chi connectivity index (χ4v) is 1.57. The summed E-state index contributed by atoms with van der Waals surface area (Å²) < 4.78 is 7.12. The van der Waals surface area contributed by atoms with E-state index >= 15 is 0 Å². The monoisotopic (exact) mass is 249 g/mol. The summed E-state index contributed by atoms with van der Waals surface area (Å²) in [5, 5.41) is 7.19. The molecule has 0 atom stereocenters. The number of nitrogens with zero attached hydrogens (tertiary/aromatic N) is 4. The maximum absolute atomic E-state index is 5.16. The number of imidazole rings is 1. The van der Waals surface area contributed by atoms with E-state index in [0.717, 1.165) is 18.8 Å². The van der Waals surface area contributed by atoms with E-state index < -0.39 is 0 Å². The van der Waals surface area contributed by atoms with E-state index in [0.29, 0.717) is 18.3 Å². The molecule has 0 aliphatic heterocycles. The summed E-state index contributed by atoms with van der Waals surface area (Å²) in [6.07, 6.45) is 3.78. The largest absolute Gasteiger partial charge is 0.339 e. The van der Waals surface area contributed by atoms with Gasteiger partial charge in [-0.05, 0) is 6.54 Å². The Morgan fingerprint density at radius 1 is 1.44 bits per heavy atom. The van der Waals surface area contributed by atoms with Crippen molar-refractivity contribution >= 4 is 0 Å². The molecular formula is C12H19N5O. The van der Waals surface area contributed by atoms with Crippen LogP contribution in [-0.2, 0) is 13.1 Å². The minimum atomic E-state index is 0.262. The Morgan fingerprint density at radius 2 is 2.28 bits per heavy atom. The quantitative estimate of drug-likeness (QED) is 0.841. The van der Waals surface area contributed by atoms with Crippen molar-refractivity contribution in [2.45, 2.75) is 39.8 Å². The Hall–Kier alpha value is -1.69. The van der Waals surface area contributed by atoms with Crippen LogP contribution in [0.2, 0.25) is 0 Å². The Kier molecular flexibility index (Phi) is 4.09. The Balaban J connectivity index is 1.97. The number of aromatic nitrogens is 4. The molecule has 6 heteroatoms. The summed E-state index contributed by atoms with van der Waals surface area (Å²) >= 11 is 0. The number of nitrogens with one attached hydrogen (secondary N) is 1. The lowest BCUT2D eigenvalue weighted by molar-refractivity contribution is 0.360. The maximum atomic E-state index is 5.16. The highest BCUT2D eigenvalue weighted by molar-refractivity contribution is 4.99. The molecule has 0 saturated heterocycles. The zero-order valence-electron chi connectivity index (χ0n) is 11.1. The van der Waals surface area contributed by atoms with E-state index in [4.69, 9.17) is 4.52 Å². The lowest BCUT2D eigenvalue weighted by atomic mass is 10.2. The molecule has 0 aromatic carbocycles.